The van der Waals surface area contributed by atoms with E-state index < -0.39 is 0 Å². The second-order valence-corrected chi connectivity index (χ2v) is 3.57. The van der Waals surface area contributed by atoms with Gasteiger partial charge in [-0.1, -0.05) is 19.4 Å². The van der Waals surface area contributed by atoms with Crippen LogP contribution in [-0.4, -0.2) is 9.67 Å². The van der Waals surface area contributed by atoms with Crippen LogP contribution in [0.4, 0.5) is 0 Å². The molecule has 2 heteroatoms. The molecule has 74 valence electrons. The van der Waals surface area contributed by atoms with Gasteiger partial charge in [-0.05, 0) is 24.6 Å². The highest BCUT2D eigenvalue weighted by Crippen LogP contribution is 2.25. The minimum Gasteiger partial charge on any atom is -0.507 e. The summed E-state index contributed by atoms with van der Waals surface area (Å²) >= 11 is 0. The number of phenols is 1. The fourth-order valence-corrected chi connectivity index (χ4v) is 1.73. The Bertz CT molecular complexity index is 431. The van der Waals surface area contributed by atoms with Crippen molar-refractivity contribution in [2.45, 2.75) is 26.3 Å². The van der Waals surface area contributed by atoms with E-state index in [1.807, 2.05) is 24.4 Å². The standard InChI is InChI=1S/C12H15NO/c1-2-3-8-13-9-7-10-11(13)5-4-6-12(10)14/h4-7,9,14H,2-3,8H2,1H3. The number of phenolic OH excluding ortho intramolecular Hbond substituents is 1. The number of hydrogen-bond donors (Lipinski definition) is 1. The van der Waals surface area contributed by atoms with E-state index in [0.29, 0.717) is 5.75 Å². The largest absolute Gasteiger partial charge is 0.507 e. The van der Waals surface area contributed by atoms with Crippen molar-refractivity contribution in [3.05, 3.63) is 30.5 Å². The van der Waals surface area contributed by atoms with Crippen molar-refractivity contribution < 1.29 is 5.11 Å². The van der Waals surface area contributed by atoms with Gasteiger partial charge >= 0.3 is 0 Å². The first-order chi connectivity index (χ1) is 6.83. The molecule has 1 aromatic carbocycles. The van der Waals surface area contributed by atoms with E-state index in [2.05, 4.69) is 11.5 Å². The van der Waals surface area contributed by atoms with Gasteiger partial charge in [-0.25, -0.2) is 0 Å². The summed E-state index contributed by atoms with van der Waals surface area (Å²) in [6, 6.07) is 7.64. The molecule has 1 heterocycles. The Labute approximate surface area is 83.8 Å². The van der Waals surface area contributed by atoms with Gasteiger partial charge in [0, 0.05) is 18.1 Å². The van der Waals surface area contributed by atoms with E-state index >= 15 is 0 Å². The predicted octanol–water partition coefficient (Wildman–Crippen LogP) is 3.15. The summed E-state index contributed by atoms with van der Waals surface area (Å²) in [6.07, 6.45) is 4.41. The van der Waals surface area contributed by atoms with Crippen molar-refractivity contribution in [3.8, 4) is 5.75 Å². The molecule has 0 atom stereocenters. The highest BCUT2D eigenvalue weighted by molar-refractivity contribution is 5.86. The van der Waals surface area contributed by atoms with Gasteiger partial charge in [0.05, 0.1) is 5.52 Å². The SMILES string of the molecule is CCCCn1ccc2c(O)cccc21. The number of unbranched alkanes of at least 4 members (excludes halogenated alkanes) is 1. The van der Waals surface area contributed by atoms with Gasteiger partial charge in [0.1, 0.15) is 5.75 Å². The van der Waals surface area contributed by atoms with Crippen LogP contribution in [0, 0.1) is 0 Å². The van der Waals surface area contributed by atoms with Gasteiger partial charge in [0.15, 0.2) is 0 Å². The molecule has 0 amide bonds. The summed E-state index contributed by atoms with van der Waals surface area (Å²) in [5.74, 6) is 0.373. The molecular weight excluding hydrogens is 174 g/mol. The van der Waals surface area contributed by atoms with Crippen LogP contribution in [0.3, 0.4) is 0 Å². The van der Waals surface area contributed by atoms with Crippen molar-refractivity contribution in [2.75, 3.05) is 0 Å². The smallest absolute Gasteiger partial charge is 0.124 e. The molecule has 0 aliphatic rings. The number of rotatable bonds is 3. The number of aromatic hydroxyl groups is 1. The second-order valence-electron chi connectivity index (χ2n) is 3.57. The minimum absolute atomic E-state index is 0.373. The van der Waals surface area contributed by atoms with E-state index in [-0.39, 0.29) is 0 Å². The molecule has 0 saturated heterocycles. The molecule has 2 rings (SSSR count). The van der Waals surface area contributed by atoms with Gasteiger partial charge in [-0.15, -0.1) is 0 Å². The van der Waals surface area contributed by atoms with Crippen LogP contribution in [0.1, 0.15) is 19.8 Å². The number of nitrogens with zero attached hydrogens (tertiary/aromatic N) is 1. The zero-order valence-electron chi connectivity index (χ0n) is 8.40. The Balaban J connectivity index is 2.42. The zero-order valence-corrected chi connectivity index (χ0v) is 8.40. The van der Waals surface area contributed by atoms with Crippen LogP contribution in [0.2, 0.25) is 0 Å². The average molecular weight is 189 g/mol. The maximum absolute atomic E-state index is 9.60. The van der Waals surface area contributed by atoms with Crippen molar-refractivity contribution in [3.63, 3.8) is 0 Å². The highest BCUT2D eigenvalue weighted by Gasteiger charge is 2.03. The fourth-order valence-electron chi connectivity index (χ4n) is 1.73. The summed E-state index contributed by atoms with van der Waals surface area (Å²) < 4.78 is 2.19. The summed E-state index contributed by atoms with van der Waals surface area (Å²) in [4.78, 5) is 0. The highest BCUT2D eigenvalue weighted by atomic mass is 16.3. The fraction of sp³-hybridized carbons (Fsp3) is 0.333. The van der Waals surface area contributed by atoms with Gasteiger partial charge in [-0.2, -0.15) is 0 Å². The van der Waals surface area contributed by atoms with Gasteiger partial charge in [0.25, 0.3) is 0 Å². The molecule has 0 radical (unpaired) electrons. The van der Waals surface area contributed by atoms with Crippen LogP contribution in [0.5, 0.6) is 5.75 Å². The number of fused-ring (bicyclic) bond motifs is 1. The third-order valence-corrected chi connectivity index (χ3v) is 2.54. The molecule has 0 aliphatic carbocycles. The summed E-state index contributed by atoms with van der Waals surface area (Å²) in [7, 11) is 0. The van der Waals surface area contributed by atoms with E-state index in [4.69, 9.17) is 0 Å². The molecule has 1 aromatic heterocycles. The number of aryl methyl sites for hydroxylation is 1. The third kappa shape index (κ3) is 1.48. The van der Waals surface area contributed by atoms with Gasteiger partial charge in [0.2, 0.25) is 0 Å². The summed E-state index contributed by atoms with van der Waals surface area (Å²) in [5.41, 5.74) is 1.12. The Morgan fingerprint density at radius 2 is 2.14 bits per heavy atom. The molecule has 2 nitrogen and oxygen atoms in total. The summed E-state index contributed by atoms with van der Waals surface area (Å²) in [5, 5.41) is 10.5. The molecule has 2 aromatic rings. The lowest BCUT2D eigenvalue weighted by molar-refractivity contribution is 0.481. The van der Waals surface area contributed by atoms with Crippen molar-refractivity contribution >= 4 is 10.9 Å². The first-order valence-electron chi connectivity index (χ1n) is 5.09. The lowest BCUT2D eigenvalue weighted by Crippen LogP contribution is -1.94. The normalized spacial score (nSPS) is 10.9. The Morgan fingerprint density at radius 1 is 1.29 bits per heavy atom. The molecule has 0 fully saturated rings. The number of hydrogen-bond acceptors (Lipinski definition) is 1. The molecular formula is C12H15NO. The second kappa shape index (κ2) is 3.74. The van der Waals surface area contributed by atoms with Crippen LogP contribution in [-0.2, 0) is 6.54 Å². The van der Waals surface area contributed by atoms with Crippen LogP contribution in [0.25, 0.3) is 10.9 Å². The number of aromatic nitrogens is 1. The first-order valence-corrected chi connectivity index (χ1v) is 5.09. The molecule has 0 spiro atoms. The maximum atomic E-state index is 9.60. The topological polar surface area (TPSA) is 25.2 Å². The lowest BCUT2D eigenvalue weighted by Gasteiger charge is -2.03. The first kappa shape index (κ1) is 9.13. The average Bonchev–Trinajstić information content (AvgIpc) is 2.60. The number of benzene rings is 1. The predicted molar refractivity (Wildman–Crippen MR) is 58.5 cm³/mol. The maximum Gasteiger partial charge on any atom is 0.124 e. The molecule has 0 unspecified atom stereocenters. The Morgan fingerprint density at radius 3 is 2.93 bits per heavy atom. The van der Waals surface area contributed by atoms with Crippen LogP contribution >= 0.6 is 0 Å². The molecule has 0 saturated carbocycles. The van der Waals surface area contributed by atoms with Crippen LogP contribution in [0.15, 0.2) is 30.5 Å². The minimum atomic E-state index is 0.373. The Kier molecular flexibility index (Phi) is 2.44. The van der Waals surface area contributed by atoms with E-state index in [1.54, 1.807) is 6.07 Å². The monoisotopic (exact) mass is 189 g/mol. The van der Waals surface area contributed by atoms with Crippen molar-refractivity contribution in [1.82, 2.24) is 4.57 Å². The third-order valence-electron chi connectivity index (χ3n) is 2.54. The molecule has 0 bridgehead atoms. The van der Waals surface area contributed by atoms with Crippen molar-refractivity contribution in [2.24, 2.45) is 0 Å². The zero-order chi connectivity index (χ0) is 9.97. The molecule has 0 aliphatic heterocycles. The summed E-state index contributed by atoms with van der Waals surface area (Å²) in [6.45, 7) is 3.21. The molecule has 1 N–H and O–H groups in total. The van der Waals surface area contributed by atoms with Gasteiger partial charge < -0.3 is 9.67 Å². The van der Waals surface area contributed by atoms with Gasteiger partial charge in [-0.3, -0.25) is 0 Å². The van der Waals surface area contributed by atoms with E-state index in [9.17, 15) is 5.11 Å². The lowest BCUT2D eigenvalue weighted by atomic mass is 10.2. The van der Waals surface area contributed by atoms with E-state index in [0.717, 1.165) is 17.4 Å². The Hall–Kier alpha value is -1.44. The van der Waals surface area contributed by atoms with E-state index in [1.165, 1.54) is 12.8 Å². The quantitative estimate of drug-likeness (QED) is 0.788. The van der Waals surface area contributed by atoms with Crippen molar-refractivity contribution in [1.29, 1.82) is 0 Å². The molecule has 14 heavy (non-hydrogen) atoms. The van der Waals surface area contributed by atoms with Crippen LogP contribution < -0.4 is 0 Å².